The molecule has 0 unspecified atom stereocenters. The predicted molar refractivity (Wildman–Crippen MR) is 133 cm³/mol. The number of carbonyl (C=O) groups excluding carboxylic acids is 2. The van der Waals surface area contributed by atoms with Crippen molar-refractivity contribution >= 4 is 45.5 Å². The number of carboxylic acids is 1. The van der Waals surface area contributed by atoms with E-state index in [1.165, 1.54) is 23.2 Å². The fourth-order valence-corrected chi connectivity index (χ4v) is 3.86. The Kier molecular flexibility index (Phi) is 7.17. The van der Waals surface area contributed by atoms with Crippen LogP contribution in [0.2, 0.25) is 0 Å². The predicted octanol–water partition coefficient (Wildman–Crippen LogP) is 4.59. The maximum Gasteiger partial charge on any atom is 0.335 e. The molecule has 35 heavy (non-hydrogen) atoms. The molecule has 0 spiro atoms. The van der Waals surface area contributed by atoms with E-state index < -0.39 is 17.8 Å². The van der Waals surface area contributed by atoms with E-state index >= 15 is 0 Å². The molecule has 1 heterocycles. The van der Waals surface area contributed by atoms with Gasteiger partial charge >= 0.3 is 5.97 Å². The fourth-order valence-electron chi connectivity index (χ4n) is 3.42. The van der Waals surface area contributed by atoms with Crippen LogP contribution < -0.4 is 19.9 Å². The number of carbonyl (C=O) groups is 3. The number of aromatic carboxylic acids is 1. The van der Waals surface area contributed by atoms with Crippen LogP contribution in [0.25, 0.3) is 6.08 Å². The molecule has 3 aromatic rings. The van der Waals surface area contributed by atoms with Gasteiger partial charge in [0.25, 0.3) is 11.8 Å². The number of rotatable bonds is 8. The third-order valence-electron chi connectivity index (χ3n) is 5.16. The maximum absolute atomic E-state index is 12.9. The number of halogens is 1. The lowest BCUT2D eigenvalue weighted by Crippen LogP contribution is -2.35. The normalized spacial score (nSPS) is 14.2. The van der Waals surface area contributed by atoms with E-state index in [-0.39, 0.29) is 17.7 Å². The molecule has 1 saturated heterocycles. The van der Waals surface area contributed by atoms with Gasteiger partial charge in [0, 0.05) is 4.47 Å². The second kappa shape index (κ2) is 10.4. The second-order valence-corrected chi connectivity index (χ2v) is 8.37. The summed E-state index contributed by atoms with van der Waals surface area (Å²) in [7, 11) is 0. The molecule has 2 N–H and O–H groups in total. The number of hydrazine groups is 1. The van der Waals surface area contributed by atoms with Crippen LogP contribution in [0.3, 0.4) is 0 Å². The molecule has 1 aliphatic heterocycles. The summed E-state index contributed by atoms with van der Waals surface area (Å²) < 4.78 is 12.3. The smallest absolute Gasteiger partial charge is 0.335 e. The molecule has 0 radical (unpaired) electrons. The number of carboxylic acid groups (broad SMARTS) is 1. The fraction of sp³-hybridized carbons (Fsp3) is 0.115. The first-order chi connectivity index (χ1) is 16.9. The molecule has 8 nitrogen and oxygen atoms in total. The molecule has 2 amide bonds. The van der Waals surface area contributed by atoms with Crippen molar-refractivity contribution < 1.29 is 29.0 Å². The second-order valence-electron chi connectivity index (χ2n) is 7.52. The van der Waals surface area contributed by atoms with Crippen molar-refractivity contribution in [2.24, 2.45) is 0 Å². The van der Waals surface area contributed by atoms with Crippen molar-refractivity contribution in [2.75, 3.05) is 11.6 Å². The number of anilines is 1. The van der Waals surface area contributed by atoms with E-state index in [2.05, 4.69) is 21.4 Å². The third-order valence-corrected chi connectivity index (χ3v) is 5.85. The summed E-state index contributed by atoms with van der Waals surface area (Å²) in [6, 6.07) is 18.6. The van der Waals surface area contributed by atoms with Gasteiger partial charge in [0.2, 0.25) is 0 Å². The number of hydrogen-bond acceptors (Lipinski definition) is 5. The topological polar surface area (TPSA) is 105 Å². The highest BCUT2D eigenvalue weighted by molar-refractivity contribution is 9.10. The Bertz CT molecular complexity index is 1310. The van der Waals surface area contributed by atoms with Gasteiger partial charge in [-0.1, -0.05) is 46.3 Å². The molecule has 0 aliphatic carbocycles. The number of ether oxygens (including phenoxy) is 2. The van der Waals surface area contributed by atoms with Crippen LogP contribution in [0.15, 0.2) is 76.8 Å². The van der Waals surface area contributed by atoms with E-state index in [9.17, 15) is 14.4 Å². The molecular formula is C26H21BrN2O6. The molecule has 1 fully saturated rings. The van der Waals surface area contributed by atoms with Crippen molar-refractivity contribution in [3.63, 3.8) is 0 Å². The standard InChI is InChI=1S/C26H21BrN2O6/c1-2-34-22-13-18(12-20-24(30)28-29(25(20)31)19-6-4-3-5-7-19)21(27)14-23(22)35-15-16-8-10-17(11-9-16)26(32)33/h3-14H,2,15H2,1H3,(H,28,30)(H,32,33)/b20-12-. The van der Waals surface area contributed by atoms with E-state index in [0.29, 0.717) is 33.8 Å². The number of nitrogens with zero attached hydrogens (tertiary/aromatic N) is 1. The third kappa shape index (κ3) is 5.36. The summed E-state index contributed by atoms with van der Waals surface area (Å²) in [6.07, 6.45) is 1.50. The van der Waals surface area contributed by atoms with Crippen molar-refractivity contribution in [3.8, 4) is 11.5 Å². The van der Waals surface area contributed by atoms with Crippen molar-refractivity contribution in [3.05, 3.63) is 93.5 Å². The molecule has 0 aromatic heterocycles. The largest absolute Gasteiger partial charge is 0.490 e. The lowest BCUT2D eigenvalue weighted by Gasteiger charge is -2.15. The van der Waals surface area contributed by atoms with Gasteiger partial charge < -0.3 is 14.6 Å². The zero-order valence-electron chi connectivity index (χ0n) is 18.7. The minimum atomic E-state index is -0.994. The summed E-state index contributed by atoms with van der Waals surface area (Å²) in [5.74, 6) is -1.07. The SMILES string of the molecule is CCOc1cc(/C=C2/C(=O)NN(c3ccccc3)C2=O)c(Br)cc1OCc1ccc(C(=O)O)cc1. The summed E-state index contributed by atoms with van der Waals surface area (Å²) in [4.78, 5) is 36.5. The Morgan fingerprint density at radius 3 is 2.37 bits per heavy atom. The van der Waals surface area contributed by atoms with Gasteiger partial charge in [-0.15, -0.1) is 0 Å². The molecule has 1 aliphatic rings. The average Bonchev–Trinajstić information content (AvgIpc) is 3.14. The van der Waals surface area contributed by atoms with Gasteiger partial charge in [-0.25, -0.2) is 9.80 Å². The summed E-state index contributed by atoms with van der Waals surface area (Å²) >= 11 is 3.49. The number of nitrogens with one attached hydrogen (secondary N) is 1. The number of amides is 2. The monoisotopic (exact) mass is 536 g/mol. The van der Waals surface area contributed by atoms with Crippen LogP contribution in [-0.4, -0.2) is 29.5 Å². The van der Waals surface area contributed by atoms with Crippen molar-refractivity contribution in [1.29, 1.82) is 0 Å². The van der Waals surface area contributed by atoms with Gasteiger partial charge in [-0.05, 0) is 60.5 Å². The Morgan fingerprint density at radius 2 is 1.71 bits per heavy atom. The Hall–Kier alpha value is -4.11. The lowest BCUT2D eigenvalue weighted by atomic mass is 10.1. The van der Waals surface area contributed by atoms with Crippen molar-refractivity contribution in [2.45, 2.75) is 13.5 Å². The van der Waals surface area contributed by atoms with Gasteiger partial charge in [-0.3, -0.25) is 15.0 Å². The Morgan fingerprint density at radius 1 is 1.03 bits per heavy atom. The van der Waals surface area contributed by atoms with Crippen molar-refractivity contribution in [1.82, 2.24) is 5.43 Å². The first kappa shape index (κ1) is 24.0. The van der Waals surface area contributed by atoms with E-state index in [0.717, 1.165) is 5.56 Å². The highest BCUT2D eigenvalue weighted by Gasteiger charge is 2.34. The molecule has 0 bridgehead atoms. The Balaban J connectivity index is 1.58. The number of hydrogen-bond donors (Lipinski definition) is 2. The summed E-state index contributed by atoms with van der Waals surface area (Å²) in [5, 5.41) is 10.2. The summed E-state index contributed by atoms with van der Waals surface area (Å²) in [6.45, 7) is 2.41. The van der Waals surface area contributed by atoms with Gasteiger partial charge in [0.05, 0.1) is 17.9 Å². The van der Waals surface area contributed by atoms with Gasteiger partial charge in [0.15, 0.2) is 11.5 Å². The zero-order chi connectivity index (χ0) is 24.9. The molecule has 9 heteroatoms. The Labute approximate surface area is 209 Å². The summed E-state index contributed by atoms with van der Waals surface area (Å²) in [5.41, 5.74) is 4.68. The van der Waals surface area contributed by atoms with Crippen LogP contribution in [0.4, 0.5) is 5.69 Å². The molecule has 0 saturated carbocycles. The van der Waals surface area contributed by atoms with Crippen LogP contribution >= 0.6 is 15.9 Å². The molecule has 178 valence electrons. The lowest BCUT2D eigenvalue weighted by molar-refractivity contribution is -0.117. The average molecular weight is 537 g/mol. The highest BCUT2D eigenvalue weighted by Crippen LogP contribution is 2.36. The van der Waals surface area contributed by atoms with Crippen LogP contribution in [0.5, 0.6) is 11.5 Å². The first-order valence-electron chi connectivity index (χ1n) is 10.7. The molecule has 3 aromatic carbocycles. The quantitative estimate of drug-likeness (QED) is 0.322. The van der Waals surface area contributed by atoms with Crippen LogP contribution in [0.1, 0.15) is 28.4 Å². The van der Waals surface area contributed by atoms with Gasteiger partial charge in [-0.2, -0.15) is 0 Å². The van der Waals surface area contributed by atoms with Crippen LogP contribution in [-0.2, 0) is 16.2 Å². The minimum absolute atomic E-state index is 0.0100. The van der Waals surface area contributed by atoms with E-state index in [4.69, 9.17) is 14.6 Å². The zero-order valence-corrected chi connectivity index (χ0v) is 20.2. The van der Waals surface area contributed by atoms with Gasteiger partial charge in [0.1, 0.15) is 12.2 Å². The molecule has 0 atom stereocenters. The highest BCUT2D eigenvalue weighted by atomic mass is 79.9. The number of para-hydroxylation sites is 1. The van der Waals surface area contributed by atoms with E-state index in [1.54, 1.807) is 48.5 Å². The minimum Gasteiger partial charge on any atom is -0.490 e. The first-order valence-corrected chi connectivity index (χ1v) is 11.5. The molecule has 4 rings (SSSR count). The maximum atomic E-state index is 12.9. The molecular weight excluding hydrogens is 516 g/mol. The van der Waals surface area contributed by atoms with E-state index in [1.807, 2.05) is 13.0 Å². The number of benzene rings is 3. The van der Waals surface area contributed by atoms with Crippen LogP contribution in [0, 0.1) is 0 Å².